The number of ether oxygens (including phenoxy) is 10. The van der Waals surface area contributed by atoms with Gasteiger partial charge in [0.25, 0.3) is 0 Å². The van der Waals surface area contributed by atoms with E-state index in [1.165, 1.54) is 19.3 Å². The molecule has 0 amide bonds. The minimum Gasteiger partial charge on any atom is -0.462 e. The molecular weight excluding hydrogens is 1360 g/mol. The van der Waals surface area contributed by atoms with Crippen molar-refractivity contribution in [2.24, 2.45) is 0 Å². The van der Waals surface area contributed by atoms with Crippen molar-refractivity contribution in [1.29, 1.82) is 0 Å². The van der Waals surface area contributed by atoms with Crippen LogP contribution in [-0.2, 0) is 70.6 Å². The van der Waals surface area contributed by atoms with Gasteiger partial charge in [-0.3, -0.25) is 18.6 Å². The smallest absolute Gasteiger partial charge is 0.462 e. The average Bonchev–Trinajstić information content (AvgIpc) is 0.762. The number of esters is 2. The van der Waals surface area contributed by atoms with Crippen molar-refractivity contribution in [2.45, 2.75) is 321 Å². The molecule has 0 aromatic heterocycles. The molecule has 1 aliphatic carbocycles. The Labute approximate surface area is 589 Å². The van der Waals surface area contributed by atoms with E-state index < -0.39 is 225 Å². The highest BCUT2D eigenvalue weighted by Gasteiger charge is 2.59. The van der Waals surface area contributed by atoms with Crippen LogP contribution in [0.3, 0.4) is 0 Å². The molecule has 101 heavy (non-hydrogen) atoms. The van der Waals surface area contributed by atoms with Crippen molar-refractivity contribution in [3.8, 4) is 0 Å². The van der Waals surface area contributed by atoms with Crippen LogP contribution in [-0.4, -0.2) is 309 Å². The first-order chi connectivity index (χ1) is 48.3. The molecule has 12 unspecified atom stereocenters. The summed E-state index contributed by atoms with van der Waals surface area (Å²) in [6, 6.07) is 0. The molecule has 5 rings (SSSR count). The molecule has 28 atom stereocenters. The van der Waals surface area contributed by atoms with E-state index in [4.69, 9.17) is 56.4 Å². The minimum atomic E-state index is -5.83. The van der Waals surface area contributed by atoms with E-state index in [0.717, 1.165) is 83.5 Å². The zero-order valence-electron chi connectivity index (χ0n) is 57.6. The van der Waals surface area contributed by atoms with Gasteiger partial charge in [0.1, 0.15) is 141 Å². The monoisotopic (exact) mass is 1480 g/mol. The Bertz CT molecular complexity index is 2460. The quantitative estimate of drug-likeness (QED) is 0.0149. The summed E-state index contributed by atoms with van der Waals surface area (Å²) in [4.78, 5) is 38.1. The lowest BCUT2D eigenvalue weighted by Crippen LogP contribution is -2.69. The number of unbranched alkanes of at least 4 members (excludes halogenated alkanes) is 14. The van der Waals surface area contributed by atoms with E-state index in [9.17, 15) is 106 Å². The van der Waals surface area contributed by atoms with E-state index in [1.807, 2.05) is 0 Å². The van der Waals surface area contributed by atoms with Gasteiger partial charge in [-0.2, -0.15) is 0 Å². The standard InChI is InChI=1S/C67H115O33P/c1-3-5-7-9-11-13-15-17-18-20-21-23-25-27-29-31-44(70)89-35-39(93-45(71)32-30-28-26-24-22-19-16-14-12-10-8-6-4-2)36-92-101(87,88)100-63-61(98-66-59(85)51(77)47(73)41(34-69)95-66)55(81)54(80)56(82)62(63)99-67-60(86)53(79)49(75)43(97-67)38-91-65-58(84)52(78)48(74)42(96-65)37-90-64-57(83)50(76)46(72)40(33-68)94-64/h8,10-11,13-14,16-18,39-43,46-69,72-86H,3-7,9,12,15,19-38H2,1-2H3,(H,87,88)/b10-8-,13-11-,16-14-,18-17-/t39-,40?,41?,42?,43?,46+,47-,48+,49+,50?,51?,52?,53?,54+,55?,56?,57+,58+,59-,60+,61-,62?,63+,64-,65-,66-,67+/m1/s1. The van der Waals surface area contributed by atoms with Crippen LogP contribution in [0, 0.1) is 0 Å². The summed E-state index contributed by atoms with van der Waals surface area (Å²) in [6.07, 6.45) is -21.2. The molecule has 0 aromatic rings. The molecule has 0 bridgehead atoms. The number of hydrogen-bond donors (Lipinski definition) is 18. The third-order valence-corrected chi connectivity index (χ3v) is 19.0. The first-order valence-electron chi connectivity index (χ1n) is 35.5. The van der Waals surface area contributed by atoms with Crippen LogP contribution in [0.1, 0.15) is 155 Å². The molecule has 4 saturated heterocycles. The number of carbonyl (C=O) groups is 2. The maximum Gasteiger partial charge on any atom is 0.472 e. The van der Waals surface area contributed by atoms with Gasteiger partial charge in [-0.05, 0) is 70.6 Å². The van der Waals surface area contributed by atoms with Crippen LogP contribution in [0.5, 0.6) is 0 Å². The van der Waals surface area contributed by atoms with E-state index in [0.29, 0.717) is 25.7 Å². The molecule has 586 valence electrons. The highest BCUT2D eigenvalue weighted by molar-refractivity contribution is 7.47. The molecular formula is C67H115O33P. The number of aliphatic hydroxyl groups excluding tert-OH is 17. The van der Waals surface area contributed by atoms with Crippen molar-refractivity contribution in [3.63, 3.8) is 0 Å². The van der Waals surface area contributed by atoms with E-state index in [1.54, 1.807) is 0 Å². The van der Waals surface area contributed by atoms with Gasteiger partial charge in [-0.25, -0.2) is 4.57 Å². The number of carbonyl (C=O) groups excluding carboxylic acids is 2. The Morgan fingerprint density at radius 2 is 0.762 bits per heavy atom. The summed E-state index contributed by atoms with van der Waals surface area (Å²) in [5, 5.41) is 183. The molecule has 1 saturated carbocycles. The van der Waals surface area contributed by atoms with Gasteiger partial charge in [-0.15, -0.1) is 0 Å². The van der Waals surface area contributed by atoms with Crippen LogP contribution < -0.4 is 0 Å². The molecule has 18 N–H and O–H groups in total. The van der Waals surface area contributed by atoms with E-state index >= 15 is 0 Å². The third-order valence-electron chi connectivity index (χ3n) is 18.0. The topological polar surface area (TPSA) is 526 Å². The Hall–Kier alpha value is -2.99. The summed E-state index contributed by atoms with van der Waals surface area (Å²) in [5.41, 5.74) is 0. The van der Waals surface area contributed by atoms with Crippen molar-refractivity contribution < 1.29 is 162 Å². The molecule has 33 nitrogen and oxygen atoms in total. The van der Waals surface area contributed by atoms with Crippen molar-refractivity contribution in [1.82, 2.24) is 0 Å². The zero-order chi connectivity index (χ0) is 74.2. The van der Waals surface area contributed by atoms with Gasteiger partial charge < -0.3 is 139 Å². The third kappa shape index (κ3) is 28.6. The number of phosphoric acid groups is 1. The van der Waals surface area contributed by atoms with Crippen LogP contribution in [0.4, 0.5) is 0 Å². The fourth-order valence-electron chi connectivity index (χ4n) is 11.8. The molecule has 0 spiro atoms. The number of aliphatic hydroxyl groups is 17. The lowest BCUT2D eigenvalue weighted by molar-refractivity contribution is -0.365. The van der Waals surface area contributed by atoms with Gasteiger partial charge in [0, 0.05) is 12.8 Å². The molecule has 4 aliphatic heterocycles. The van der Waals surface area contributed by atoms with Gasteiger partial charge >= 0.3 is 19.8 Å². The van der Waals surface area contributed by atoms with Crippen LogP contribution >= 0.6 is 7.82 Å². The molecule has 0 aromatic carbocycles. The summed E-state index contributed by atoms with van der Waals surface area (Å²) < 4.78 is 81.3. The highest BCUT2D eigenvalue weighted by Crippen LogP contribution is 2.49. The number of phosphoric ester groups is 1. The fraction of sp³-hybridized carbons (Fsp3) is 0.851. The lowest BCUT2D eigenvalue weighted by Gasteiger charge is -2.49. The van der Waals surface area contributed by atoms with Crippen LogP contribution in [0.25, 0.3) is 0 Å². The second kappa shape index (κ2) is 46.9. The predicted octanol–water partition coefficient (Wildman–Crippen LogP) is -1.09. The Balaban J connectivity index is 1.30. The first-order valence-corrected chi connectivity index (χ1v) is 37.0. The normalized spacial score (nSPS) is 36.7. The van der Waals surface area contributed by atoms with E-state index in [2.05, 4.69) is 62.5 Å². The first kappa shape index (κ1) is 88.6. The molecule has 5 fully saturated rings. The lowest BCUT2D eigenvalue weighted by atomic mass is 9.84. The molecule has 4 heterocycles. The Morgan fingerprint density at radius 1 is 0.396 bits per heavy atom. The molecule has 0 radical (unpaired) electrons. The minimum absolute atomic E-state index is 0.0269. The maximum absolute atomic E-state index is 14.4. The SMILES string of the molecule is CCC/C=C\C/C=C\CCCCCCCC(=O)O[C@H](COC(=O)CCCCCCC/C=C\C/C=C\CCCCC)COP(=O)(O)O[C@@H]1C(O[C@@H]2OC(CO[C@@H]3OC(CO[C@@H]4OC(CO)[C@H](O)C(O)[C@@H]4O)[C@H](O)C(O)[C@@H]3O)[C@H](O)C(O)[C@@H]2O)C(O)[C@@H](O)C(O)[C@H]1O[C@H]1OC(CO)[C@@H](O)C(O)[C@H]1O. The number of rotatable bonds is 46. The Morgan fingerprint density at radius 3 is 1.21 bits per heavy atom. The summed E-state index contributed by atoms with van der Waals surface area (Å²) in [5.74, 6) is -1.49. The maximum atomic E-state index is 14.4. The average molecular weight is 1480 g/mol. The molecule has 5 aliphatic rings. The summed E-state index contributed by atoms with van der Waals surface area (Å²) >= 11 is 0. The van der Waals surface area contributed by atoms with E-state index in [-0.39, 0.29) is 12.8 Å². The Kier molecular flexibility index (Phi) is 41.2. The summed E-state index contributed by atoms with van der Waals surface area (Å²) in [6.45, 7) is -1.06. The second-order valence-corrected chi connectivity index (χ2v) is 27.6. The van der Waals surface area contributed by atoms with Crippen LogP contribution in [0.15, 0.2) is 48.6 Å². The van der Waals surface area contributed by atoms with Gasteiger partial charge in [0.15, 0.2) is 31.3 Å². The highest BCUT2D eigenvalue weighted by atomic mass is 31.2. The second-order valence-electron chi connectivity index (χ2n) is 26.1. The zero-order valence-corrected chi connectivity index (χ0v) is 58.5. The summed E-state index contributed by atoms with van der Waals surface area (Å²) in [7, 11) is -5.83. The van der Waals surface area contributed by atoms with Gasteiger partial charge in [0.2, 0.25) is 0 Å². The number of allylic oxidation sites excluding steroid dienone is 8. The van der Waals surface area contributed by atoms with Crippen molar-refractivity contribution >= 4 is 19.8 Å². The predicted molar refractivity (Wildman–Crippen MR) is 352 cm³/mol. The van der Waals surface area contributed by atoms with Crippen LogP contribution in [0.2, 0.25) is 0 Å². The van der Waals surface area contributed by atoms with Crippen molar-refractivity contribution in [2.75, 3.05) is 39.6 Å². The van der Waals surface area contributed by atoms with Gasteiger partial charge in [0.05, 0.1) is 33.0 Å². The van der Waals surface area contributed by atoms with Crippen molar-refractivity contribution in [3.05, 3.63) is 48.6 Å². The molecule has 34 heteroatoms. The largest absolute Gasteiger partial charge is 0.472 e. The number of hydrogen-bond acceptors (Lipinski definition) is 32. The van der Waals surface area contributed by atoms with Gasteiger partial charge in [-0.1, -0.05) is 120 Å². The fourth-order valence-corrected chi connectivity index (χ4v) is 12.8.